The van der Waals surface area contributed by atoms with Gasteiger partial charge in [-0.1, -0.05) is 141 Å². The number of fused-ring (bicyclic) bond motifs is 14. The molecule has 45 heavy (non-hydrogen) atoms. The highest BCUT2D eigenvalue weighted by Gasteiger charge is 2.52. The van der Waals surface area contributed by atoms with Gasteiger partial charge in [0, 0.05) is 16.5 Å². The van der Waals surface area contributed by atoms with Crippen molar-refractivity contribution >= 4 is 10.8 Å². The Bertz CT molecular complexity index is 2390. The van der Waals surface area contributed by atoms with Gasteiger partial charge in [-0.15, -0.1) is 0 Å². The third-order valence-electron chi connectivity index (χ3n) is 10.7. The van der Waals surface area contributed by atoms with Gasteiger partial charge in [-0.3, -0.25) is 0 Å². The summed E-state index contributed by atoms with van der Waals surface area (Å²) in [5.74, 6) is 1.89. The van der Waals surface area contributed by atoms with Gasteiger partial charge in [-0.05, 0) is 84.6 Å². The number of benzene rings is 7. The molecule has 0 aromatic heterocycles. The van der Waals surface area contributed by atoms with Gasteiger partial charge in [0.2, 0.25) is 0 Å². The molecule has 1 atom stereocenters. The Balaban J connectivity index is 1.27. The molecule has 1 heterocycles. The highest BCUT2D eigenvalue weighted by Crippen LogP contribution is 2.64. The Hall–Kier alpha value is -5.40. The zero-order valence-corrected chi connectivity index (χ0v) is 25.3. The minimum Gasteiger partial charge on any atom is -0.457 e. The minimum atomic E-state index is -0.380. The van der Waals surface area contributed by atoms with Crippen molar-refractivity contribution in [3.8, 4) is 44.9 Å². The molecule has 0 amide bonds. The van der Waals surface area contributed by atoms with Crippen LogP contribution in [0.4, 0.5) is 0 Å². The first-order valence-corrected chi connectivity index (χ1v) is 15.9. The number of ether oxygens (including phenoxy) is 1. The molecule has 0 bridgehead atoms. The number of rotatable bonds is 1. The van der Waals surface area contributed by atoms with Crippen LogP contribution >= 0.6 is 0 Å². The SMILES string of the molecule is CC1(C)c2ccccc2Oc2cccc(-c3ccc4c(c3)-c3ccccc3C43c4ccccc4-c4ccc5ccccc5c43)c21. The van der Waals surface area contributed by atoms with E-state index in [1.807, 2.05) is 0 Å². The molecule has 0 saturated carbocycles. The lowest BCUT2D eigenvalue weighted by atomic mass is 9.69. The molecule has 7 aromatic rings. The average molecular weight is 575 g/mol. The van der Waals surface area contributed by atoms with Crippen LogP contribution in [0.15, 0.2) is 146 Å². The fourth-order valence-electron chi connectivity index (χ4n) is 8.92. The van der Waals surface area contributed by atoms with Crippen LogP contribution in [-0.4, -0.2) is 0 Å². The number of hydrogen-bond donors (Lipinski definition) is 0. The molecule has 1 spiro atoms. The topological polar surface area (TPSA) is 9.23 Å². The molecule has 10 rings (SSSR count). The van der Waals surface area contributed by atoms with E-state index in [4.69, 9.17) is 4.74 Å². The van der Waals surface area contributed by atoms with Crippen LogP contribution in [0.1, 0.15) is 47.2 Å². The molecule has 212 valence electrons. The molecule has 1 heteroatoms. The summed E-state index contributed by atoms with van der Waals surface area (Å²) in [5.41, 5.74) is 15.1. The molecule has 2 aliphatic carbocycles. The average Bonchev–Trinajstić information content (AvgIpc) is 3.55. The molecule has 0 N–H and O–H groups in total. The fraction of sp³-hybridized carbons (Fsp3) is 0.0909. The van der Waals surface area contributed by atoms with Gasteiger partial charge < -0.3 is 4.74 Å². The third-order valence-corrected chi connectivity index (χ3v) is 10.7. The van der Waals surface area contributed by atoms with E-state index in [0.717, 1.165) is 11.5 Å². The second-order valence-corrected chi connectivity index (χ2v) is 13.2. The van der Waals surface area contributed by atoms with Crippen molar-refractivity contribution in [2.24, 2.45) is 0 Å². The molecular formula is C44H30O. The van der Waals surface area contributed by atoms with E-state index < -0.39 is 0 Å². The first-order valence-electron chi connectivity index (χ1n) is 15.9. The van der Waals surface area contributed by atoms with Gasteiger partial charge in [0.1, 0.15) is 11.5 Å². The van der Waals surface area contributed by atoms with E-state index in [1.165, 1.54) is 77.5 Å². The summed E-state index contributed by atoms with van der Waals surface area (Å²) >= 11 is 0. The second kappa shape index (κ2) is 8.61. The van der Waals surface area contributed by atoms with Crippen LogP contribution in [0, 0.1) is 0 Å². The Kier molecular flexibility index (Phi) is 4.78. The summed E-state index contributed by atoms with van der Waals surface area (Å²) in [7, 11) is 0. The molecule has 3 aliphatic rings. The summed E-state index contributed by atoms with van der Waals surface area (Å²) in [6.45, 7) is 4.65. The summed E-state index contributed by atoms with van der Waals surface area (Å²) in [6.07, 6.45) is 0. The van der Waals surface area contributed by atoms with E-state index in [-0.39, 0.29) is 10.8 Å². The summed E-state index contributed by atoms with van der Waals surface area (Å²) in [6, 6.07) is 53.9. The summed E-state index contributed by atoms with van der Waals surface area (Å²) in [5, 5.41) is 2.61. The van der Waals surface area contributed by atoms with Crippen LogP contribution in [0.3, 0.4) is 0 Å². The highest BCUT2D eigenvalue weighted by atomic mass is 16.5. The van der Waals surface area contributed by atoms with Crippen molar-refractivity contribution in [1.29, 1.82) is 0 Å². The molecule has 1 aliphatic heterocycles. The van der Waals surface area contributed by atoms with Gasteiger partial charge in [-0.2, -0.15) is 0 Å². The monoisotopic (exact) mass is 574 g/mol. The highest BCUT2D eigenvalue weighted by molar-refractivity contribution is 6.04. The Morgan fingerprint density at radius 1 is 0.422 bits per heavy atom. The molecule has 1 nitrogen and oxygen atoms in total. The van der Waals surface area contributed by atoms with Gasteiger partial charge in [-0.25, -0.2) is 0 Å². The van der Waals surface area contributed by atoms with Gasteiger partial charge in [0.15, 0.2) is 0 Å². The first-order chi connectivity index (χ1) is 22.1. The Morgan fingerprint density at radius 2 is 1.04 bits per heavy atom. The van der Waals surface area contributed by atoms with Gasteiger partial charge in [0.25, 0.3) is 0 Å². The van der Waals surface area contributed by atoms with Crippen LogP contribution in [0.5, 0.6) is 11.5 Å². The lowest BCUT2D eigenvalue weighted by Crippen LogP contribution is -2.26. The third kappa shape index (κ3) is 3.03. The zero-order chi connectivity index (χ0) is 29.9. The van der Waals surface area contributed by atoms with E-state index in [1.54, 1.807) is 0 Å². The largest absolute Gasteiger partial charge is 0.457 e. The smallest absolute Gasteiger partial charge is 0.132 e. The van der Waals surface area contributed by atoms with Crippen LogP contribution in [0.25, 0.3) is 44.2 Å². The number of hydrogen-bond acceptors (Lipinski definition) is 1. The normalized spacial score (nSPS) is 17.6. The molecule has 1 unspecified atom stereocenters. The van der Waals surface area contributed by atoms with Crippen molar-refractivity contribution in [2.45, 2.75) is 24.7 Å². The maximum absolute atomic E-state index is 6.52. The Labute approximate surface area is 263 Å². The van der Waals surface area contributed by atoms with E-state index in [2.05, 4.69) is 159 Å². The van der Waals surface area contributed by atoms with E-state index in [0.29, 0.717) is 0 Å². The predicted molar refractivity (Wildman–Crippen MR) is 184 cm³/mol. The molecule has 0 radical (unpaired) electrons. The van der Waals surface area contributed by atoms with Crippen LogP contribution < -0.4 is 4.74 Å². The molecular weight excluding hydrogens is 544 g/mol. The second-order valence-electron chi connectivity index (χ2n) is 13.2. The molecule has 7 aromatic carbocycles. The predicted octanol–water partition coefficient (Wildman–Crippen LogP) is 11.3. The van der Waals surface area contributed by atoms with Crippen molar-refractivity contribution in [3.63, 3.8) is 0 Å². The zero-order valence-electron chi connectivity index (χ0n) is 25.3. The van der Waals surface area contributed by atoms with Crippen LogP contribution in [0.2, 0.25) is 0 Å². The molecule has 0 saturated heterocycles. The first kappa shape index (κ1) is 25.0. The minimum absolute atomic E-state index is 0.207. The lowest BCUT2D eigenvalue weighted by Gasteiger charge is -2.36. The summed E-state index contributed by atoms with van der Waals surface area (Å²) < 4.78 is 6.52. The van der Waals surface area contributed by atoms with E-state index >= 15 is 0 Å². The molecule has 0 fully saturated rings. The van der Waals surface area contributed by atoms with E-state index in [9.17, 15) is 0 Å². The quantitative estimate of drug-likeness (QED) is 0.189. The lowest BCUT2D eigenvalue weighted by molar-refractivity contribution is 0.419. The van der Waals surface area contributed by atoms with Crippen molar-refractivity contribution < 1.29 is 4.74 Å². The number of para-hydroxylation sites is 1. The van der Waals surface area contributed by atoms with Gasteiger partial charge >= 0.3 is 0 Å². The maximum atomic E-state index is 6.52. The van der Waals surface area contributed by atoms with Crippen LogP contribution in [-0.2, 0) is 10.8 Å². The maximum Gasteiger partial charge on any atom is 0.132 e. The standard InChI is InChI=1S/C44H30O/c1-43(2)38-19-9-10-20-39(38)45-40-21-11-16-30(42(40)43)28-23-25-37-34(26-28)32-15-6-8-18-36(32)44(37)35-17-7-5-14-31(35)33-24-22-27-12-3-4-13-29(27)41(33)44/h3-26H,1-2H3. The van der Waals surface area contributed by atoms with Gasteiger partial charge in [0.05, 0.1) is 5.41 Å². The van der Waals surface area contributed by atoms with Crippen molar-refractivity contribution in [1.82, 2.24) is 0 Å². The van der Waals surface area contributed by atoms with Crippen molar-refractivity contribution in [2.75, 3.05) is 0 Å². The fourth-order valence-corrected chi connectivity index (χ4v) is 8.92. The van der Waals surface area contributed by atoms with Crippen molar-refractivity contribution in [3.05, 3.63) is 179 Å². The Morgan fingerprint density at radius 3 is 1.87 bits per heavy atom. The summed E-state index contributed by atoms with van der Waals surface area (Å²) in [4.78, 5) is 0.